The molecular weight excluding hydrogens is 1190 g/mol. The number of carbonyl (C=O) groups is 1. The molecule has 0 aromatic rings. The van der Waals surface area contributed by atoms with Gasteiger partial charge in [0.25, 0.3) is 0 Å². The Labute approximate surface area is 560 Å². The number of hydrogen-bond donors (Lipinski definition) is 12. The second-order valence-corrected chi connectivity index (χ2v) is 26.4. The molecule has 0 spiro atoms. The Morgan fingerprint density at radius 1 is 0.398 bits per heavy atom. The van der Waals surface area contributed by atoms with E-state index in [0.29, 0.717) is 12.8 Å². The molecule has 3 aliphatic rings. The number of aliphatic hydroxyl groups is 11. The van der Waals surface area contributed by atoms with Crippen molar-refractivity contribution in [3.05, 3.63) is 60.8 Å². The van der Waals surface area contributed by atoms with Crippen molar-refractivity contribution in [2.45, 2.75) is 375 Å². The SMILES string of the molecule is CC/C=C\C/C=C\C/C=C\C/C=C\C/C=C\CCCCCCCCCCCCCCCCCC(=O)NC(COC1OC(CO)C(OC2OC(CO)C(OC3OC(CO)C(O)C(O)C3O)C(O)C2O)C(O)C1O)C(O)CCCCCCCCCCCCCCCCCCC. The van der Waals surface area contributed by atoms with Gasteiger partial charge in [-0.3, -0.25) is 4.79 Å². The number of aliphatic hydroxyl groups excluding tert-OH is 11. The van der Waals surface area contributed by atoms with Crippen LogP contribution in [-0.4, -0.2) is 193 Å². The first-order valence-electron chi connectivity index (χ1n) is 37.0. The van der Waals surface area contributed by atoms with Gasteiger partial charge in [-0.2, -0.15) is 0 Å². The van der Waals surface area contributed by atoms with Gasteiger partial charge >= 0.3 is 0 Å². The van der Waals surface area contributed by atoms with E-state index >= 15 is 0 Å². The van der Waals surface area contributed by atoms with Gasteiger partial charge in [-0.05, 0) is 57.8 Å². The monoisotopic (exact) mass is 1320 g/mol. The van der Waals surface area contributed by atoms with Crippen LogP contribution in [0.2, 0.25) is 0 Å². The molecule has 0 bridgehead atoms. The van der Waals surface area contributed by atoms with Crippen LogP contribution < -0.4 is 5.32 Å². The molecule has 0 aromatic carbocycles. The third kappa shape index (κ3) is 36.8. The van der Waals surface area contributed by atoms with E-state index in [4.69, 9.17) is 28.4 Å². The molecule has 3 saturated heterocycles. The number of allylic oxidation sites excluding steroid dienone is 10. The number of amides is 1. The normalized spacial score (nSPS) is 27.9. The standard InChI is InChI=1S/C74H133NO18/c1-3-5-7-9-11-13-15-17-19-21-22-23-24-25-26-27-28-29-30-31-32-33-34-36-38-40-42-44-46-48-50-52-62(80)75-57(58(79)51-49-47-45-43-41-39-37-35-20-18-16-14-12-10-8-6-4-2)56-88-72-68(86)65(83)70(60(54-77)90-72)93-74-69(87)66(84)71(61(55-78)91-74)92-73-67(85)64(82)63(81)59(53-76)89-73/h5,7,11,13,17,19,22-23,25-26,57-61,63-74,76-79,81-87H,3-4,6,8-10,12,14-16,18,20-21,24,27-56H2,1-2H3,(H,75,80)/b7-5-,13-11-,19-17-,23-22-,26-25-. The van der Waals surface area contributed by atoms with Crippen LogP contribution >= 0.6 is 0 Å². The van der Waals surface area contributed by atoms with Crippen molar-refractivity contribution in [3.63, 3.8) is 0 Å². The molecule has 19 nitrogen and oxygen atoms in total. The molecule has 12 N–H and O–H groups in total. The summed E-state index contributed by atoms with van der Waals surface area (Å²) in [5.74, 6) is -0.242. The number of unbranched alkanes of at least 4 members (excludes halogenated alkanes) is 31. The lowest BCUT2D eigenvalue weighted by atomic mass is 9.96. The smallest absolute Gasteiger partial charge is 0.220 e. The lowest BCUT2D eigenvalue weighted by Gasteiger charge is -2.48. The van der Waals surface area contributed by atoms with Crippen LogP contribution in [0, 0.1) is 0 Å². The lowest BCUT2D eigenvalue weighted by molar-refractivity contribution is -0.379. The summed E-state index contributed by atoms with van der Waals surface area (Å²) in [4.78, 5) is 13.5. The zero-order valence-corrected chi connectivity index (χ0v) is 57.5. The first-order chi connectivity index (χ1) is 45.3. The van der Waals surface area contributed by atoms with Gasteiger partial charge in [0, 0.05) is 6.42 Å². The third-order valence-electron chi connectivity index (χ3n) is 18.4. The summed E-state index contributed by atoms with van der Waals surface area (Å²) < 4.78 is 34.5. The Morgan fingerprint density at radius 3 is 1.16 bits per heavy atom. The van der Waals surface area contributed by atoms with Gasteiger partial charge in [0.1, 0.15) is 73.2 Å². The van der Waals surface area contributed by atoms with E-state index < -0.39 is 124 Å². The minimum absolute atomic E-state index is 0.242. The fourth-order valence-electron chi connectivity index (χ4n) is 12.4. The number of hydrogen-bond acceptors (Lipinski definition) is 18. The maximum absolute atomic E-state index is 13.5. The number of carbonyl (C=O) groups excluding carboxylic acids is 1. The second kappa shape index (κ2) is 55.4. The maximum atomic E-state index is 13.5. The van der Waals surface area contributed by atoms with Crippen LogP contribution in [0.1, 0.15) is 271 Å². The van der Waals surface area contributed by atoms with Crippen LogP contribution in [0.4, 0.5) is 0 Å². The van der Waals surface area contributed by atoms with Crippen LogP contribution in [0.25, 0.3) is 0 Å². The molecule has 3 aliphatic heterocycles. The van der Waals surface area contributed by atoms with Crippen LogP contribution in [0.5, 0.6) is 0 Å². The molecular formula is C74H133NO18. The van der Waals surface area contributed by atoms with Crippen molar-refractivity contribution in [2.75, 3.05) is 26.4 Å². The van der Waals surface area contributed by atoms with Gasteiger partial charge in [-0.1, -0.05) is 267 Å². The summed E-state index contributed by atoms with van der Waals surface area (Å²) in [6.45, 7) is 1.71. The summed E-state index contributed by atoms with van der Waals surface area (Å²) in [6, 6.07) is -0.889. The number of nitrogens with one attached hydrogen (secondary N) is 1. The summed E-state index contributed by atoms with van der Waals surface area (Å²) in [5.41, 5.74) is 0. The highest BCUT2D eigenvalue weighted by Crippen LogP contribution is 2.33. The predicted octanol–water partition coefficient (Wildman–Crippen LogP) is 10.7. The fourth-order valence-corrected chi connectivity index (χ4v) is 12.4. The van der Waals surface area contributed by atoms with E-state index in [1.807, 2.05) is 0 Å². The molecule has 0 aromatic heterocycles. The molecule has 3 fully saturated rings. The number of ether oxygens (including phenoxy) is 6. The molecule has 93 heavy (non-hydrogen) atoms. The van der Waals surface area contributed by atoms with Gasteiger partial charge in [-0.15, -0.1) is 0 Å². The average Bonchev–Trinajstić information content (AvgIpc) is 0.900. The quantitative estimate of drug-likeness (QED) is 0.0199. The van der Waals surface area contributed by atoms with E-state index in [-0.39, 0.29) is 18.9 Å². The van der Waals surface area contributed by atoms with Crippen LogP contribution in [0.15, 0.2) is 60.8 Å². The van der Waals surface area contributed by atoms with Crippen molar-refractivity contribution >= 4 is 5.91 Å². The zero-order chi connectivity index (χ0) is 67.5. The van der Waals surface area contributed by atoms with E-state index in [9.17, 15) is 61.0 Å². The Morgan fingerprint density at radius 2 is 0.742 bits per heavy atom. The molecule has 0 saturated carbocycles. The van der Waals surface area contributed by atoms with Crippen LogP contribution in [-0.2, 0) is 33.2 Å². The first kappa shape index (κ1) is 84.7. The molecule has 1 amide bonds. The predicted molar refractivity (Wildman–Crippen MR) is 365 cm³/mol. The van der Waals surface area contributed by atoms with Crippen molar-refractivity contribution in [2.24, 2.45) is 0 Å². The van der Waals surface area contributed by atoms with Gasteiger partial charge < -0.3 is 89.9 Å². The highest BCUT2D eigenvalue weighted by Gasteiger charge is 2.53. The Hall–Kier alpha value is -2.51. The highest BCUT2D eigenvalue weighted by molar-refractivity contribution is 5.76. The molecule has 0 aliphatic carbocycles. The summed E-state index contributed by atoms with van der Waals surface area (Å²) in [6.07, 6.45) is 41.5. The molecule has 17 unspecified atom stereocenters. The van der Waals surface area contributed by atoms with Crippen molar-refractivity contribution in [3.8, 4) is 0 Å². The van der Waals surface area contributed by atoms with E-state index in [0.717, 1.165) is 77.0 Å². The minimum atomic E-state index is -1.97. The summed E-state index contributed by atoms with van der Waals surface area (Å²) in [7, 11) is 0. The Balaban J connectivity index is 1.37. The molecule has 17 atom stereocenters. The first-order valence-corrected chi connectivity index (χ1v) is 37.0. The average molecular weight is 1320 g/mol. The topological polar surface area (TPSA) is 307 Å². The van der Waals surface area contributed by atoms with Crippen molar-refractivity contribution in [1.29, 1.82) is 0 Å². The molecule has 0 radical (unpaired) electrons. The summed E-state index contributed by atoms with van der Waals surface area (Å²) in [5, 5.41) is 121. The van der Waals surface area contributed by atoms with Crippen LogP contribution in [0.3, 0.4) is 0 Å². The molecule has 542 valence electrons. The zero-order valence-electron chi connectivity index (χ0n) is 57.5. The number of rotatable bonds is 57. The Kier molecular flexibility index (Phi) is 50.4. The largest absolute Gasteiger partial charge is 0.394 e. The van der Waals surface area contributed by atoms with Gasteiger partial charge in [-0.25, -0.2) is 0 Å². The van der Waals surface area contributed by atoms with Gasteiger partial charge in [0.2, 0.25) is 5.91 Å². The molecule has 3 rings (SSSR count). The van der Waals surface area contributed by atoms with E-state index in [2.05, 4.69) is 79.9 Å². The molecule has 3 heterocycles. The van der Waals surface area contributed by atoms with Crippen molar-refractivity contribution < 1.29 is 89.4 Å². The van der Waals surface area contributed by atoms with E-state index in [1.54, 1.807) is 0 Å². The molecule has 19 heteroatoms. The summed E-state index contributed by atoms with van der Waals surface area (Å²) >= 11 is 0. The maximum Gasteiger partial charge on any atom is 0.220 e. The minimum Gasteiger partial charge on any atom is -0.394 e. The Bertz CT molecular complexity index is 1920. The lowest BCUT2D eigenvalue weighted by Crippen LogP contribution is -2.66. The second-order valence-electron chi connectivity index (χ2n) is 26.4. The van der Waals surface area contributed by atoms with Gasteiger partial charge in [0.05, 0.1) is 38.6 Å². The van der Waals surface area contributed by atoms with E-state index in [1.165, 1.54) is 161 Å². The fraction of sp³-hybridized carbons (Fsp3) is 0.851. The third-order valence-corrected chi connectivity index (χ3v) is 18.4. The highest BCUT2D eigenvalue weighted by atomic mass is 16.8. The van der Waals surface area contributed by atoms with Gasteiger partial charge in [0.15, 0.2) is 18.9 Å². The van der Waals surface area contributed by atoms with Crippen molar-refractivity contribution in [1.82, 2.24) is 5.32 Å².